The van der Waals surface area contributed by atoms with Gasteiger partial charge in [-0.25, -0.2) is 4.79 Å². The zero-order valence-corrected chi connectivity index (χ0v) is 17.3. The summed E-state index contributed by atoms with van der Waals surface area (Å²) < 4.78 is 15.5. The maximum Gasteiger partial charge on any atom is 0.330 e. The van der Waals surface area contributed by atoms with Gasteiger partial charge in [-0.2, -0.15) is 0 Å². The van der Waals surface area contributed by atoms with E-state index in [4.69, 9.17) is 9.47 Å². The van der Waals surface area contributed by atoms with E-state index in [1.165, 1.54) is 20.3 Å². The number of amides is 1. The number of esters is 1. The average molecular weight is 411 g/mol. The third-order valence-corrected chi connectivity index (χ3v) is 4.13. The fourth-order valence-corrected chi connectivity index (χ4v) is 2.56. The molecule has 0 aliphatic rings. The Kier molecular flexibility index (Phi) is 8.62. The zero-order valence-electron chi connectivity index (χ0n) is 17.3. The van der Waals surface area contributed by atoms with Crippen molar-refractivity contribution < 1.29 is 28.6 Å². The molecule has 0 saturated carbocycles. The molecule has 1 amide bonds. The van der Waals surface area contributed by atoms with E-state index in [0.29, 0.717) is 29.2 Å². The Morgan fingerprint density at radius 3 is 2.37 bits per heavy atom. The molecule has 0 spiro atoms. The van der Waals surface area contributed by atoms with E-state index in [1.807, 2.05) is 6.92 Å². The number of nitrogens with one attached hydrogen (secondary N) is 1. The number of rotatable bonds is 10. The van der Waals surface area contributed by atoms with E-state index in [-0.39, 0.29) is 18.3 Å². The molecule has 0 atom stereocenters. The fourth-order valence-electron chi connectivity index (χ4n) is 2.56. The molecule has 0 saturated heterocycles. The minimum atomic E-state index is -0.462. The van der Waals surface area contributed by atoms with Gasteiger partial charge in [-0.3, -0.25) is 9.59 Å². The van der Waals surface area contributed by atoms with Crippen LogP contribution in [0.25, 0.3) is 6.08 Å². The molecule has 1 N–H and O–H groups in total. The Bertz CT molecular complexity index is 918. The van der Waals surface area contributed by atoms with Crippen LogP contribution in [0.3, 0.4) is 0 Å². The van der Waals surface area contributed by atoms with E-state index >= 15 is 0 Å². The summed E-state index contributed by atoms with van der Waals surface area (Å²) in [6, 6.07) is 11.7. The minimum Gasteiger partial charge on any atom is -0.493 e. The molecule has 0 heterocycles. The zero-order chi connectivity index (χ0) is 21.9. The lowest BCUT2D eigenvalue weighted by Crippen LogP contribution is -2.13. The van der Waals surface area contributed by atoms with Crippen LogP contribution in [-0.4, -0.2) is 38.5 Å². The summed E-state index contributed by atoms with van der Waals surface area (Å²) in [5, 5.41) is 2.78. The molecule has 0 aliphatic carbocycles. The van der Waals surface area contributed by atoms with Crippen LogP contribution in [0, 0.1) is 0 Å². The fraction of sp³-hybridized carbons (Fsp3) is 0.261. The molecule has 0 aliphatic heterocycles. The average Bonchev–Trinajstić information content (AvgIpc) is 2.76. The summed E-state index contributed by atoms with van der Waals surface area (Å²) in [6.07, 6.45) is 4.11. The summed E-state index contributed by atoms with van der Waals surface area (Å²) >= 11 is 0. The van der Waals surface area contributed by atoms with E-state index in [1.54, 1.807) is 48.5 Å². The van der Waals surface area contributed by atoms with Gasteiger partial charge >= 0.3 is 5.97 Å². The first-order valence-electron chi connectivity index (χ1n) is 9.46. The van der Waals surface area contributed by atoms with Crippen molar-refractivity contribution in [3.63, 3.8) is 0 Å². The molecule has 7 heteroatoms. The lowest BCUT2D eigenvalue weighted by molar-refractivity contribution is -0.134. The second kappa shape index (κ2) is 11.4. The Morgan fingerprint density at radius 2 is 1.73 bits per heavy atom. The lowest BCUT2D eigenvalue weighted by atomic mass is 10.1. The molecule has 0 radical (unpaired) electrons. The van der Waals surface area contributed by atoms with Gasteiger partial charge in [0.05, 0.1) is 14.2 Å². The smallest absolute Gasteiger partial charge is 0.330 e. The maximum absolute atomic E-state index is 12.4. The predicted octanol–water partition coefficient (Wildman–Crippen LogP) is 3.88. The molecule has 158 valence electrons. The first kappa shape index (κ1) is 22.7. The second-order valence-electron chi connectivity index (χ2n) is 6.35. The Balaban J connectivity index is 1.99. The largest absolute Gasteiger partial charge is 0.493 e. The van der Waals surface area contributed by atoms with Crippen LogP contribution < -0.4 is 14.8 Å². The Hall–Kier alpha value is -3.61. The van der Waals surface area contributed by atoms with Gasteiger partial charge in [-0.05, 0) is 54.5 Å². The summed E-state index contributed by atoms with van der Waals surface area (Å²) in [5.41, 5.74) is 1.83. The first-order valence-corrected chi connectivity index (χ1v) is 9.46. The third-order valence-electron chi connectivity index (χ3n) is 4.13. The number of ether oxygens (including phenoxy) is 3. The van der Waals surface area contributed by atoms with E-state index in [2.05, 4.69) is 10.1 Å². The first-order chi connectivity index (χ1) is 14.5. The van der Waals surface area contributed by atoms with Crippen LogP contribution in [0.5, 0.6) is 11.5 Å². The summed E-state index contributed by atoms with van der Waals surface area (Å²) in [5.74, 6) is 0.110. The SMILES string of the molecule is CCCC(=O)Nc1ccc(C(=O)COc2ccc(/C=C/C(=O)OC)cc2OC)cc1. The van der Waals surface area contributed by atoms with E-state index in [9.17, 15) is 14.4 Å². The third kappa shape index (κ3) is 6.77. The number of hydrogen-bond donors (Lipinski definition) is 1. The Labute approximate surface area is 175 Å². The van der Waals surface area contributed by atoms with Gasteiger partial charge in [0.1, 0.15) is 0 Å². The van der Waals surface area contributed by atoms with Crippen molar-refractivity contribution in [2.24, 2.45) is 0 Å². The summed E-state index contributed by atoms with van der Waals surface area (Å²) in [4.78, 5) is 35.2. The second-order valence-corrected chi connectivity index (χ2v) is 6.35. The van der Waals surface area contributed by atoms with Gasteiger partial charge in [0.25, 0.3) is 0 Å². The number of carbonyl (C=O) groups excluding carboxylic acids is 3. The molecular formula is C23H25NO6. The van der Waals surface area contributed by atoms with Crippen LogP contribution >= 0.6 is 0 Å². The Morgan fingerprint density at radius 1 is 1.00 bits per heavy atom. The van der Waals surface area contributed by atoms with Crippen molar-refractivity contribution in [2.75, 3.05) is 26.1 Å². The van der Waals surface area contributed by atoms with Gasteiger partial charge in [0.15, 0.2) is 23.9 Å². The van der Waals surface area contributed by atoms with Crippen molar-refractivity contribution >= 4 is 29.4 Å². The highest BCUT2D eigenvalue weighted by molar-refractivity contribution is 5.98. The van der Waals surface area contributed by atoms with Crippen molar-refractivity contribution in [2.45, 2.75) is 19.8 Å². The monoisotopic (exact) mass is 411 g/mol. The van der Waals surface area contributed by atoms with Crippen molar-refractivity contribution in [1.29, 1.82) is 0 Å². The number of Topliss-reactive ketones (excluding diaryl/α,β-unsaturated/α-hetero) is 1. The van der Waals surface area contributed by atoms with Gasteiger partial charge in [0, 0.05) is 23.7 Å². The normalized spacial score (nSPS) is 10.5. The number of hydrogen-bond acceptors (Lipinski definition) is 6. The van der Waals surface area contributed by atoms with Crippen molar-refractivity contribution in [3.8, 4) is 11.5 Å². The molecule has 7 nitrogen and oxygen atoms in total. The van der Waals surface area contributed by atoms with Crippen LogP contribution in [0.15, 0.2) is 48.5 Å². The van der Waals surface area contributed by atoms with Gasteiger partial charge in [0.2, 0.25) is 5.91 Å². The predicted molar refractivity (Wildman–Crippen MR) is 114 cm³/mol. The highest BCUT2D eigenvalue weighted by atomic mass is 16.5. The standard InChI is InChI=1S/C23H25NO6/c1-4-5-22(26)24-18-10-8-17(9-11-18)19(25)15-30-20-12-6-16(14-21(20)28-2)7-13-23(27)29-3/h6-14H,4-5,15H2,1-3H3,(H,24,26)/b13-7+. The minimum absolute atomic E-state index is 0.0584. The van der Waals surface area contributed by atoms with Crippen LogP contribution in [0.4, 0.5) is 5.69 Å². The summed E-state index contributed by atoms with van der Waals surface area (Å²) in [7, 11) is 2.79. The lowest BCUT2D eigenvalue weighted by Gasteiger charge is -2.11. The van der Waals surface area contributed by atoms with E-state index < -0.39 is 5.97 Å². The molecule has 2 rings (SSSR count). The van der Waals surface area contributed by atoms with Crippen molar-refractivity contribution in [1.82, 2.24) is 0 Å². The molecule has 0 fully saturated rings. The maximum atomic E-state index is 12.4. The number of ketones is 1. The molecule has 0 unspecified atom stereocenters. The van der Waals surface area contributed by atoms with Crippen molar-refractivity contribution in [3.05, 3.63) is 59.7 Å². The molecule has 2 aromatic rings. The van der Waals surface area contributed by atoms with Crippen LogP contribution in [0.1, 0.15) is 35.7 Å². The van der Waals surface area contributed by atoms with Crippen LogP contribution in [0.2, 0.25) is 0 Å². The summed E-state index contributed by atoms with van der Waals surface area (Å²) in [6.45, 7) is 1.76. The molecule has 0 aromatic heterocycles. The molecule has 30 heavy (non-hydrogen) atoms. The van der Waals surface area contributed by atoms with Gasteiger partial charge < -0.3 is 19.5 Å². The molecule has 0 bridgehead atoms. The highest BCUT2D eigenvalue weighted by Crippen LogP contribution is 2.28. The topological polar surface area (TPSA) is 90.9 Å². The van der Waals surface area contributed by atoms with E-state index in [0.717, 1.165) is 12.0 Å². The number of carbonyl (C=O) groups is 3. The molecule has 2 aromatic carbocycles. The highest BCUT2D eigenvalue weighted by Gasteiger charge is 2.11. The number of anilines is 1. The van der Waals surface area contributed by atoms with Gasteiger partial charge in [-0.1, -0.05) is 13.0 Å². The molecular weight excluding hydrogens is 386 g/mol. The number of benzene rings is 2. The van der Waals surface area contributed by atoms with Gasteiger partial charge in [-0.15, -0.1) is 0 Å². The quantitative estimate of drug-likeness (QED) is 0.362. The van der Waals surface area contributed by atoms with Crippen LogP contribution in [-0.2, 0) is 14.3 Å². The number of methoxy groups -OCH3 is 2.